The summed E-state index contributed by atoms with van der Waals surface area (Å²) in [6.45, 7) is 1.65. The average Bonchev–Trinajstić information content (AvgIpc) is 2.82. The SMILES string of the molecule is NCC1(C(=O)Cc2ccco2)CCOCC1. The third-order valence-electron chi connectivity index (χ3n) is 3.35. The van der Waals surface area contributed by atoms with Crippen molar-refractivity contribution in [3.05, 3.63) is 24.2 Å². The molecule has 0 radical (unpaired) electrons. The highest BCUT2D eigenvalue weighted by atomic mass is 16.5. The zero-order valence-electron chi connectivity index (χ0n) is 9.28. The van der Waals surface area contributed by atoms with Crippen molar-refractivity contribution in [3.63, 3.8) is 0 Å². The van der Waals surface area contributed by atoms with Crippen LogP contribution in [0.15, 0.2) is 22.8 Å². The maximum Gasteiger partial charge on any atom is 0.147 e. The lowest BCUT2D eigenvalue weighted by molar-refractivity contribution is -0.133. The number of furan rings is 1. The highest BCUT2D eigenvalue weighted by molar-refractivity contribution is 5.86. The average molecular weight is 223 g/mol. The van der Waals surface area contributed by atoms with Gasteiger partial charge in [-0.3, -0.25) is 4.79 Å². The second-order valence-corrected chi connectivity index (χ2v) is 4.28. The van der Waals surface area contributed by atoms with Gasteiger partial charge in [0.15, 0.2) is 0 Å². The van der Waals surface area contributed by atoms with Crippen LogP contribution in [0.3, 0.4) is 0 Å². The van der Waals surface area contributed by atoms with Gasteiger partial charge in [-0.1, -0.05) is 0 Å². The summed E-state index contributed by atoms with van der Waals surface area (Å²) < 4.78 is 10.5. The van der Waals surface area contributed by atoms with Crippen LogP contribution in [0.5, 0.6) is 0 Å². The van der Waals surface area contributed by atoms with Crippen LogP contribution < -0.4 is 5.73 Å². The van der Waals surface area contributed by atoms with E-state index in [9.17, 15) is 4.79 Å². The van der Waals surface area contributed by atoms with Crippen molar-refractivity contribution in [1.82, 2.24) is 0 Å². The molecule has 0 saturated carbocycles. The first kappa shape index (κ1) is 11.4. The predicted octanol–water partition coefficient (Wildman–Crippen LogP) is 1.15. The van der Waals surface area contributed by atoms with Gasteiger partial charge in [0.1, 0.15) is 11.5 Å². The largest absolute Gasteiger partial charge is 0.469 e. The van der Waals surface area contributed by atoms with Crippen molar-refractivity contribution in [1.29, 1.82) is 0 Å². The molecule has 1 aromatic rings. The molecule has 2 heterocycles. The van der Waals surface area contributed by atoms with Crippen molar-refractivity contribution in [3.8, 4) is 0 Å². The van der Waals surface area contributed by atoms with Gasteiger partial charge in [0.25, 0.3) is 0 Å². The number of rotatable bonds is 4. The molecule has 0 atom stereocenters. The Morgan fingerprint density at radius 1 is 1.44 bits per heavy atom. The standard InChI is InChI=1S/C12H17NO3/c13-9-12(3-6-15-7-4-12)11(14)8-10-2-1-5-16-10/h1-2,5H,3-4,6-9,13H2. The Labute approximate surface area is 94.8 Å². The predicted molar refractivity (Wildman–Crippen MR) is 59.0 cm³/mol. The highest BCUT2D eigenvalue weighted by Crippen LogP contribution is 2.31. The van der Waals surface area contributed by atoms with Crippen molar-refractivity contribution in [2.75, 3.05) is 19.8 Å². The minimum Gasteiger partial charge on any atom is -0.469 e. The van der Waals surface area contributed by atoms with E-state index in [1.54, 1.807) is 12.3 Å². The van der Waals surface area contributed by atoms with Gasteiger partial charge < -0.3 is 14.9 Å². The quantitative estimate of drug-likeness (QED) is 0.831. The van der Waals surface area contributed by atoms with Gasteiger partial charge in [-0.15, -0.1) is 0 Å². The maximum absolute atomic E-state index is 12.2. The number of carbonyl (C=O) groups excluding carboxylic acids is 1. The summed E-state index contributed by atoms with van der Waals surface area (Å²) in [5.41, 5.74) is 5.36. The molecule has 0 bridgehead atoms. The van der Waals surface area contributed by atoms with E-state index in [0.29, 0.717) is 31.9 Å². The number of ether oxygens (including phenoxy) is 1. The molecule has 1 aliphatic heterocycles. The molecule has 1 aliphatic rings. The summed E-state index contributed by atoms with van der Waals surface area (Å²) in [6.07, 6.45) is 3.37. The van der Waals surface area contributed by atoms with E-state index < -0.39 is 5.41 Å². The molecule has 0 spiro atoms. The van der Waals surface area contributed by atoms with Gasteiger partial charge >= 0.3 is 0 Å². The van der Waals surface area contributed by atoms with E-state index in [-0.39, 0.29) is 5.78 Å². The number of ketones is 1. The zero-order chi connectivity index (χ0) is 11.4. The van der Waals surface area contributed by atoms with E-state index in [1.165, 1.54) is 0 Å². The fraction of sp³-hybridized carbons (Fsp3) is 0.583. The summed E-state index contributed by atoms with van der Waals surface area (Å²) in [5, 5.41) is 0. The van der Waals surface area contributed by atoms with Gasteiger partial charge in [-0.05, 0) is 25.0 Å². The molecule has 4 heteroatoms. The first-order valence-corrected chi connectivity index (χ1v) is 5.60. The minimum atomic E-state index is -0.398. The van der Waals surface area contributed by atoms with Gasteiger partial charge in [0.05, 0.1) is 12.7 Å². The Bertz CT molecular complexity index is 339. The van der Waals surface area contributed by atoms with E-state index in [0.717, 1.165) is 12.8 Å². The molecule has 1 aromatic heterocycles. The van der Waals surface area contributed by atoms with Crippen LogP contribution in [0.2, 0.25) is 0 Å². The second kappa shape index (κ2) is 4.80. The Morgan fingerprint density at radius 2 is 2.19 bits per heavy atom. The third-order valence-corrected chi connectivity index (χ3v) is 3.35. The van der Waals surface area contributed by atoms with Crippen molar-refractivity contribution in [2.24, 2.45) is 11.1 Å². The molecule has 1 fully saturated rings. The molecular weight excluding hydrogens is 206 g/mol. The monoisotopic (exact) mass is 223 g/mol. The minimum absolute atomic E-state index is 0.174. The lowest BCUT2D eigenvalue weighted by atomic mass is 9.75. The number of Topliss-reactive ketones (excluding diaryl/α,β-unsaturated/α-hetero) is 1. The zero-order valence-corrected chi connectivity index (χ0v) is 9.28. The number of hydrogen-bond donors (Lipinski definition) is 1. The summed E-state index contributed by atoms with van der Waals surface area (Å²) >= 11 is 0. The molecule has 16 heavy (non-hydrogen) atoms. The topological polar surface area (TPSA) is 65.5 Å². The van der Waals surface area contributed by atoms with Gasteiger partial charge in [-0.25, -0.2) is 0 Å². The van der Waals surface area contributed by atoms with Crippen LogP contribution >= 0.6 is 0 Å². The molecule has 0 aromatic carbocycles. The maximum atomic E-state index is 12.2. The summed E-state index contributed by atoms with van der Waals surface area (Å²) in [7, 11) is 0. The number of hydrogen-bond acceptors (Lipinski definition) is 4. The molecule has 2 N–H and O–H groups in total. The molecular formula is C12H17NO3. The van der Waals surface area contributed by atoms with Crippen LogP contribution in [0, 0.1) is 5.41 Å². The summed E-state index contributed by atoms with van der Waals surface area (Å²) in [4.78, 5) is 12.2. The fourth-order valence-corrected chi connectivity index (χ4v) is 2.12. The Hall–Kier alpha value is -1.13. The van der Waals surface area contributed by atoms with Crippen molar-refractivity contribution < 1.29 is 13.9 Å². The number of carbonyl (C=O) groups is 1. The summed E-state index contributed by atoms with van der Waals surface area (Å²) in [5.74, 6) is 0.887. The second-order valence-electron chi connectivity index (χ2n) is 4.28. The van der Waals surface area contributed by atoms with Gasteiger partial charge in [-0.2, -0.15) is 0 Å². The Morgan fingerprint density at radius 3 is 2.75 bits per heavy atom. The molecule has 1 saturated heterocycles. The van der Waals surface area contributed by atoms with E-state index in [2.05, 4.69) is 0 Å². The Balaban J connectivity index is 2.06. The van der Waals surface area contributed by atoms with E-state index in [1.807, 2.05) is 6.07 Å². The fourth-order valence-electron chi connectivity index (χ4n) is 2.12. The lowest BCUT2D eigenvalue weighted by Gasteiger charge is -2.34. The van der Waals surface area contributed by atoms with Crippen molar-refractivity contribution in [2.45, 2.75) is 19.3 Å². The van der Waals surface area contributed by atoms with Gasteiger partial charge in [0, 0.05) is 25.2 Å². The molecule has 4 nitrogen and oxygen atoms in total. The highest BCUT2D eigenvalue weighted by Gasteiger charge is 2.38. The lowest BCUT2D eigenvalue weighted by Crippen LogP contribution is -2.44. The first-order valence-electron chi connectivity index (χ1n) is 5.60. The normalized spacial score (nSPS) is 19.6. The summed E-state index contributed by atoms with van der Waals surface area (Å²) in [6, 6.07) is 3.61. The van der Waals surface area contributed by atoms with Gasteiger partial charge in [0.2, 0.25) is 0 Å². The number of nitrogens with two attached hydrogens (primary N) is 1. The molecule has 88 valence electrons. The van der Waals surface area contributed by atoms with E-state index in [4.69, 9.17) is 14.9 Å². The first-order chi connectivity index (χ1) is 7.77. The van der Waals surface area contributed by atoms with Crippen LogP contribution in [0.1, 0.15) is 18.6 Å². The van der Waals surface area contributed by atoms with Crippen LogP contribution in [0.4, 0.5) is 0 Å². The molecule has 0 aliphatic carbocycles. The van der Waals surface area contributed by atoms with Crippen molar-refractivity contribution >= 4 is 5.78 Å². The Kier molecular flexibility index (Phi) is 3.41. The smallest absolute Gasteiger partial charge is 0.147 e. The van der Waals surface area contributed by atoms with Crippen LogP contribution in [-0.2, 0) is 16.0 Å². The molecule has 0 amide bonds. The molecule has 2 rings (SSSR count). The van der Waals surface area contributed by atoms with Crippen LogP contribution in [0.25, 0.3) is 0 Å². The van der Waals surface area contributed by atoms with E-state index >= 15 is 0 Å². The molecule has 0 unspecified atom stereocenters. The third kappa shape index (κ3) is 2.18. The van der Waals surface area contributed by atoms with Crippen LogP contribution in [-0.4, -0.2) is 25.5 Å².